The fourth-order valence-electron chi connectivity index (χ4n) is 2.35. The van der Waals surface area contributed by atoms with Crippen molar-refractivity contribution in [2.75, 3.05) is 0 Å². The van der Waals surface area contributed by atoms with Crippen LogP contribution in [0.4, 0.5) is 0 Å². The average Bonchev–Trinajstić information content (AvgIpc) is 3.00. The van der Waals surface area contributed by atoms with Crippen LogP contribution in [-0.4, -0.2) is 16.1 Å². The van der Waals surface area contributed by atoms with Gasteiger partial charge in [-0.15, -0.1) is 10.2 Å². The molecule has 0 bridgehead atoms. The highest BCUT2D eigenvalue weighted by atomic mass is 16.4. The molecule has 5 heteroatoms. The van der Waals surface area contributed by atoms with E-state index in [1.807, 2.05) is 60.7 Å². The fraction of sp³-hybridized carbons (Fsp3) is 0.167. The molecule has 1 N–H and O–H groups in total. The lowest BCUT2D eigenvalue weighted by Gasteiger charge is -2.15. The maximum atomic E-state index is 12.4. The topological polar surface area (TPSA) is 68.0 Å². The molecule has 1 unspecified atom stereocenters. The Morgan fingerprint density at radius 3 is 2.30 bits per heavy atom. The van der Waals surface area contributed by atoms with Crippen molar-refractivity contribution in [2.45, 2.75) is 19.4 Å². The summed E-state index contributed by atoms with van der Waals surface area (Å²) in [5, 5.41) is 10.9. The number of hydrogen-bond donors (Lipinski definition) is 1. The third-order valence-electron chi connectivity index (χ3n) is 3.43. The van der Waals surface area contributed by atoms with Crippen LogP contribution in [0.25, 0.3) is 0 Å². The first kappa shape index (κ1) is 15.0. The van der Waals surface area contributed by atoms with E-state index in [0.29, 0.717) is 18.2 Å². The molecule has 5 nitrogen and oxygen atoms in total. The monoisotopic (exact) mass is 307 g/mol. The van der Waals surface area contributed by atoms with E-state index in [-0.39, 0.29) is 5.91 Å². The standard InChI is InChI=1S/C18H17N3O2/c1-13-20-21-18(23-13)17(15-10-6-3-7-11-15)19-16(22)12-14-8-4-2-5-9-14/h2-11,17H,12H2,1H3,(H,19,22). The molecule has 1 aromatic heterocycles. The normalized spacial score (nSPS) is 11.9. The van der Waals surface area contributed by atoms with Crippen molar-refractivity contribution in [2.24, 2.45) is 0 Å². The van der Waals surface area contributed by atoms with Crippen LogP contribution in [0.2, 0.25) is 0 Å². The SMILES string of the molecule is Cc1nnc(C(NC(=O)Cc2ccccc2)c2ccccc2)o1. The van der Waals surface area contributed by atoms with Crippen LogP contribution in [0.1, 0.15) is 29.0 Å². The summed E-state index contributed by atoms with van der Waals surface area (Å²) in [5.41, 5.74) is 1.86. The number of rotatable bonds is 5. The van der Waals surface area contributed by atoms with E-state index in [1.54, 1.807) is 6.92 Å². The molecular weight excluding hydrogens is 290 g/mol. The van der Waals surface area contributed by atoms with Crippen molar-refractivity contribution in [1.29, 1.82) is 0 Å². The minimum absolute atomic E-state index is 0.0964. The van der Waals surface area contributed by atoms with Gasteiger partial charge in [-0.25, -0.2) is 0 Å². The van der Waals surface area contributed by atoms with Crippen molar-refractivity contribution < 1.29 is 9.21 Å². The molecule has 0 spiro atoms. The van der Waals surface area contributed by atoms with Crippen LogP contribution in [0.15, 0.2) is 65.1 Å². The maximum Gasteiger partial charge on any atom is 0.243 e. The van der Waals surface area contributed by atoms with Crippen molar-refractivity contribution in [3.63, 3.8) is 0 Å². The van der Waals surface area contributed by atoms with Crippen LogP contribution >= 0.6 is 0 Å². The van der Waals surface area contributed by atoms with Gasteiger partial charge in [0, 0.05) is 6.92 Å². The predicted octanol–water partition coefficient (Wildman–Crippen LogP) is 2.83. The molecule has 116 valence electrons. The van der Waals surface area contributed by atoms with E-state index in [2.05, 4.69) is 15.5 Å². The molecule has 3 rings (SSSR count). The van der Waals surface area contributed by atoms with Gasteiger partial charge in [-0.1, -0.05) is 60.7 Å². The Balaban J connectivity index is 1.80. The number of carbonyl (C=O) groups excluding carboxylic acids is 1. The molecule has 3 aromatic rings. The van der Waals surface area contributed by atoms with Crippen LogP contribution < -0.4 is 5.32 Å². The highest BCUT2D eigenvalue weighted by Gasteiger charge is 2.22. The summed E-state index contributed by atoms with van der Waals surface area (Å²) in [7, 11) is 0. The van der Waals surface area contributed by atoms with Crippen LogP contribution in [0.3, 0.4) is 0 Å². The van der Waals surface area contributed by atoms with Gasteiger partial charge in [-0.3, -0.25) is 4.79 Å². The van der Waals surface area contributed by atoms with Crippen LogP contribution in [-0.2, 0) is 11.2 Å². The zero-order chi connectivity index (χ0) is 16.1. The van der Waals surface area contributed by atoms with E-state index in [0.717, 1.165) is 11.1 Å². The molecule has 0 saturated carbocycles. The van der Waals surface area contributed by atoms with Crippen LogP contribution in [0.5, 0.6) is 0 Å². The first-order valence-electron chi connectivity index (χ1n) is 7.40. The zero-order valence-electron chi connectivity index (χ0n) is 12.8. The van der Waals surface area contributed by atoms with Crippen molar-refractivity contribution in [3.8, 4) is 0 Å². The van der Waals surface area contributed by atoms with Crippen LogP contribution in [0, 0.1) is 6.92 Å². The lowest BCUT2D eigenvalue weighted by Crippen LogP contribution is -2.30. The van der Waals surface area contributed by atoms with Gasteiger partial charge in [0.2, 0.25) is 17.7 Å². The number of amides is 1. The summed E-state index contributed by atoms with van der Waals surface area (Å²) >= 11 is 0. The van der Waals surface area contributed by atoms with Gasteiger partial charge < -0.3 is 9.73 Å². The van der Waals surface area contributed by atoms with Gasteiger partial charge in [0.1, 0.15) is 6.04 Å². The number of benzene rings is 2. The summed E-state index contributed by atoms with van der Waals surface area (Å²) in [4.78, 5) is 12.4. The van der Waals surface area contributed by atoms with E-state index < -0.39 is 6.04 Å². The third-order valence-corrected chi connectivity index (χ3v) is 3.43. The lowest BCUT2D eigenvalue weighted by molar-refractivity contribution is -0.121. The second-order valence-corrected chi connectivity index (χ2v) is 5.23. The Kier molecular flexibility index (Phi) is 4.47. The van der Waals surface area contributed by atoms with E-state index in [4.69, 9.17) is 4.42 Å². The molecule has 0 radical (unpaired) electrons. The summed E-state index contributed by atoms with van der Waals surface area (Å²) in [6.45, 7) is 1.73. The lowest BCUT2D eigenvalue weighted by atomic mass is 10.1. The molecule has 0 aliphatic carbocycles. The fourth-order valence-corrected chi connectivity index (χ4v) is 2.35. The molecule has 1 amide bonds. The van der Waals surface area contributed by atoms with E-state index >= 15 is 0 Å². The van der Waals surface area contributed by atoms with Gasteiger partial charge in [0.25, 0.3) is 0 Å². The smallest absolute Gasteiger partial charge is 0.243 e. The van der Waals surface area contributed by atoms with Crippen molar-refractivity contribution in [1.82, 2.24) is 15.5 Å². The zero-order valence-corrected chi connectivity index (χ0v) is 12.8. The first-order chi connectivity index (χ1) is 11.2. The van der Waals surface area contributed by atoms with Gasteiger partial charge in [0.05, 0.1) is 6.42 Å². The molecule has 1 atom stereocenters. The Labute approximate surface area is 134 Å². The summed E-state index contributed by atoms with van der Waals surface area (Å²) in [6.07, 6.45) is 0.303. The van der Waals surface area contributed by atoms with E-state index in [9.17, 15) is 4.79 Å². The van der Waals surface area contributed by atoms with Crippen molar-refractivity contribution in [3.05, 3.63) is 83.6 Å². The molecule has 1 heterocycles. The summed E-state index contributed by atoms with van der Waals surface area (Å²) in [6, 6.07) is 18.7. The molecule has 23 heavy (non-hydrogen) atoms. The van der Waals surface area contributed by atoms with Gasteiger partial charge in [-0.05, 0) is 11.1 Å². The Hall–Kier alpha value is -2.95. The second kappa shape index (κ2) is 6.87. The average molecular weight is 307 g/mol. The molecular formula is C18H17N3O2. The molecule has 0 saturated heterocycles. The quantitative estimate of drug-likeness (QED) is 0.787. The highest BCUT2D eigenvalue weighted by Crippen LogP contribution is 2.21. The maximum absolute atomic E-state index is 12.4. The Bertz CT molecular complexity index is 769. The summed E-state index contributed by atoms with van der Waals surface area (Å²) in [5.74, 6) is 0.759. The first-order valence-corrected chi connectivity index (χ1v) is 7.40. The largest absolute Gasteiger partial charge is 0.423 e. The van der Waals surface area contributed by atoms with E-state index in [1.165, 1.54) is 0 Å². The van der Waals surface area contributed by atoms with Crippen molar-refractivity contribution >= 4 is 5.91 Å². The number of aryl methyl sites for hydroxylation is 1. The summed E-state index contributed by atoms with van der Waals surface area (Å²) < 4.78 is 5.51. The minimum Gasteiger partial charge on any atom is -0.423 e. The number of hydrogen-bond acceptors (Lipinski definition) is 4. The third kappa shape index (κ3) is 3.83. The molecule has 2 aromatic carbocycles. The number of aromatic nitrogens is 2. The van der Waals surface area contributed by atoms with Gasteiger partial charge in [0.15, 0.2) is 0 Å². The predicted molar refractivity (Wildman–Crippen MR) is 85.6 cm³/mol. The van der Waals surface area contributed by atoms with Gasteiger partial charge >= 0.3 is 0 Å². The number of nitrogens with one attached hydrogen (secondary N) is 1. The number of carbonyl (C=O) groups is 1. The number of nitrogens with zero attached hydrogens (tertiary/aromatic N) is 2. The molecule has 0 aliphatic heterocycles. The Morgan fingerprint density at radius 2 is 1.70 bits per heavy atom. The minimum atomic E-state index is -0.450. The molecule has 0 fully saturated rings. The Morgan fingerprint density at radius 1 is 1.04 bits per heavy atom. The second-order valence-electron chi connectivity index (χ2n) is 5.23. The molecule has 0 aliphatic rings. The highest BCUT2D eigenvalue weighted by molar-refractivity contribution is 5.79. The van der Waals surface area contributed by atoms with Gasteiger partial charge in [-0.2, -0.15) is 0 Å².